The van der Waals surface area contributed by atoms with Crippen molar-refractivity contribution in [1.82, 2.24) is 4.98 Å². The third kappa shape index (κ3) is 3.97. The zero-order valence-corrected chi connectivity index (χ0v) is 17.0. The number of carbonyl (C=O) groups excluding carboxylic acids is 1. The molecule has 3 aromatic rings. The zero-order valence-electron chi connectivity index (χ0n) is 14.6. The highest BCUT2D eigenvalue weighted by atomic mass is 79.9. The number of ether oxygens (including phenoxy) is 1. The fraction of sp³-hybridized carbons (Fsp3) is 0.200. The molecule has 0 fully saturated rings. The zero-order chi connectivity index (χ0) is 18.7. The second-order valence-corrected chi connectivity index (χ2v) is 7.70. The van der Waals surface area contributed by atoms with Crippen LogP contribution in [0.4, 0.5) is 5.69 Å². The summed E-state index contributed by atoms with van der Waals surface area (Å²) in [6.07, 6.45) is 0.730. The van der Waals surface area contributed by atoms with Crippen molar-refractivity contribution in [2.75, 3.05) is 12.3 Å². The molecule has 0 amide bonds. The number of anilines is 1. The summed E-state index contributed by atoms with van der Waals surface area (Å²) in [7, 11) is 0. The number of nitrogens with zero attached hydrogens (tertiary/aromatic N) is 1. The van der Waals surface area contributed by atoms with Gasteiger partial charge in [-0.25, -0.2) is 9.78 Å². The van der Waals surface area contributed by atoms with Crippen LogP contribution in [0.3, 0.4) is 0 Å². The van der Waals surface area contributed by atoms with Crippen LogP contribution in [-0.2, 0) is 11.2 Å². The Bertz CT molecular complexity index is 938. The Balaban J connectivity index is 1.99. The molecule has 0 unspecified atom stereocenters. The molecule has 6 heteroatoms. The van der Waals surface area contributed by atoms with Gasteiger partial charge in [-0.2, -0.15) is 0 Å². The van der Waals surface area contributed by atoms with Crippen molar-refractivity contribution in [3.05, 3.63) is 68.6 Å². The van der Waals surface area contributed by atoms with Crippen LogP contribution in [0.5, 0.6) is 0 Å². The second-order valence-electron chi connectivity index (χ2n) is 5.85. The summed E-state index contributed by atoms with van der Waals surface area (Å²) in [5.41, 5.74) is 10.8. The molecule has 0 radical (unpaired) electrons. The van der Waals surface area contributed by atoms with Gasteiger partial charge >= 0.3 is 5.97 Å². The highest BCUT2D eigenvalue weighted by molar-refractivity contribution is 9.10. The monoisotopic (exact) mass is 430 g/mol. The molecule has 1 heterocycles. The Morgan fingerprint density at radius 2 is 2.00 bits per heavy atom. The molecule has 1 aromatic heterocycles. The molecule has 2 aromatic carbocycles. The lowest BCUT2D eigenvalue weighted by atomic mass is 10.0. The van der Waals surface area contributed by atoms with Crippen LogP contribution in [0.1, 0.15) is 33.4 Å². The number of aromatic nitrogens is 1. The lowest BCUT2D eigenvalue weighted by Gasteiger charge is -2.10. The highest BCUT2D eigenvalue weighted by Crippen LogP contribution is 2.35. The maximum Gasteiger partial charge on any atom is 0.350 e. The number of thiazole rings is 1. The third-order valence-corrected chi connectivity index (χ3v) is 5.80. The van der Waals surface area contributed by atoms with Crippen molar-refractivity contribution in [2.24, 2.45) is 0 Å². The largest absolute Gasteiger partial charge is 0.462 e. The quantitative estimate of drug-likeness (QED) is 0.444. The minimum absolute atomic E-state index is 0.326. The minimum Gasteiger partial charge on any atom is -0.462 e. The smallest absolute Gasteiger partial charge is 0.350 e. The first-order valence-electron chi connectivity index (χ1n) is 8.26. The van der Waals surface area contributed by atoms with Gasteiger partial charge in [0.25, 0.3) is 0 Å². The molecule has 0 aliphatic rings. The van der Waals surface area contributed by atoms with Gasteiger partial charge in [0.15, 0.2) is 0 Å². The van der Waals surface area contributed by atoms with Crippen LogP contribution in [0.15, 0.2) is 46.9 Å². The van der Waals surface area contributed by atoms with Gasteiger partial charge in [-0.3, -0.25) is 0 Å². The molecular weight excluding hydrogens is 412 g/mol. The molecule has 0 saturated carbocycles. The number of hydrogen-bond acceptors (Lipinski definition) is 5. The first-order valence-corrected chi connectivity index (χ1v) is 9.87. The van der Waals surface area contributed by atoms with Gasteiger partial charge in [-0.1, -0.05) is 30.3 Å². The maximum atomic E-state index is 12.1. The summed E-state index contributed by atoms with van der Waals surface area (Å²) in [6.45, 7) is 3.96. The van der Waals surface area contributed by atoms with Crippen molar-refractivity contribution in [2.45, 2.75) is 20.3 Å². The Kier molecular flexibility index (Phi) is 5.74. The van der Waals surface area contributed by atoms with Crippen molar-refractivity contribution in [3.8, 4) is 10.6 Å². The van der Waals surface area contributed by atoms with E-state index in [1.807, 2.05) is 37.3 Å². The standard InChI is InChI=1S/C20H19BrN2O2S/c1-3-25-20(24)18-12(2)23-19(26-18)15-10-14(17(22)16(21)11-15)9-13-7-5-4-6-8-13/h4-8,10-11H,3,9,22H2,1-2H3. The predicted molar refractivity (Wildman–Crippen MR) is 110 cm³/mol. The molecule has 0 aliphatic carbocycles. The number of nitrogens with two attached hydrogens (primary N) is 1. The number of halogens is 1. The van der Waals surface area contributed by atoms with Gasteiger partial charge < -0.3 is 10.5 Å². The number of esters is 1. The van der Waals surface area contributed by atoms with Gasteiger partial charge in [0.2, 0.25) is 0 Å². The van der Waals surface area contributed by atoms with Gasteiger partial charge in [0.05, 0.1) is 12.3 Å². The molecule has 0 saturated heterocycles. The number of nitrogen functional groups attached to an aromatic ring is 1. The van der Waals surface area contributed by atoms with Gasteiger partial charge in [0, 0.05) is 15.7 Å². The Hall–Kier alpha value is -2.18. The van der Waals surface area contributed by atoms with Crippen LogP contribution in [0, 0.1) is 6.92 Å². The van der Waals surface area contributed by atoms with E-state index in [2.05, 4.69) is 33.0 Å². The van der Waals surface area contributed by atoms with E-state index in [-0.39, 0.29) is 5.97 Å². The molecular formula is C20H19BrN2O2S. The molecule has 4 nitrogen and oxygen atoms in total. The number of hydrogen-bond donors (Lipinski definition) is 1. The molecule has 0 aliphatic heterocycles. The SMILES string of the molecule is CCOC(=O)c1sc(-c2cc(Br)c(N)c(Cc3ccccc3)c2)nc1C. The van der Waals surface area contributed by atoms with Crippen LogP contribution in [-0.4, -0.2) is 17.6 Å². The molecule has 26 heavy (non-hydrogen) atoms. The number of benzene rings is 2. The van der Waals surface area contributed by atoms with Gasteiger partial charge in [0.1, 0.15) is 9.88 Å². The van der Waals surface area contributed by atoms with E-state index >= 15 is 0 Å². The van der Waals surface area contributed by atoms with Crippen LogP contribution in [0.2, 0.25) is 0 Å². The van der Waals surface area contributed by atoms with Gasteiger partial charge in [-0.05, 0) is 59.5 Å². The summed E-state index contributed by atoms with van der Waals surface area (Å²) in [6, 6.07) is 14.2. The molecule has 0 spiro atoms. The van der Waals surface area contributed by atoms with Crippen molar-refractivity contribution in [1.29, 1.82) is 0 Å². The van der Waals surface area contributed by atoms with Crippen LogP contribution >= 0.6 is 27.3 Å². The first-order chi connectivity index (χ1) is 12.5. The van der Waals surface area contributed by atoms with Crippen LogP contribution in [0.25, 0.3) is 10.6 Å². The first kappa shape index (κ1) is 18.6. The average molecular weight is 431 g/mol. The average Bonchev–Trinajstić information content (AvgIpc) is 3.02. The topological polar surface area (TPSA) is 65.2 Å². The van der Waals surface area contributed by atoms with E-state index in [0.717, 1.165) is 32.7 Å². The summed E-state index contributed by atoms with van der Waals surface area (Å²) in [5, 5.41) is 0.778. The van der Waals surface area contributed by atoms with E-state index < -0.39 is 0 Å². The normalized spacial score (nSPS) is 10.7. The summed E-state index contributed by atoms with van der Waals surface area (Å²) in [4.78, 5) is 17.2. The van der Waals surface area contributed by atoms with E-state index in [0.29, 0.717) is 17.2 Å². The predicted octanol–water partition coefficient (Wildman–Crippen LogP) is 5.23. The molecule has 134 valence electrons. The van der Waals surface area contributed by atoms with E-state index in [4.69, 9.17) is 10.5 Å². The summed E-state index contributed by atoms with van der Waals surface area (Å²) in [5.74, 6) is -0.326. The fourth-order valence-corrected chi connectivity index (χ4v) is 4.11. The molecule has 2 N–H and O–H groups in total. The van der Waals surface area contributed by atoms with Crippen molar-refractivity contribution < 1.29 is 9.53 Å². The van der Waals surface area contributed by atoms with E-state index in [1.165, 1.54) is 16.9 Å². The van der Waals surface area contributed by atoms with E-state index in [1.54, 1.807) is 6.92 Å². The van der Waals surface area contributed by atoms with Gasteiger partial charge in [-0.15, -0.1) is 11.3 Å². The van der Waals surface area contributed by atoms with E-state index in [9.17, 15) is 4.79 Å². The molecule has 3 rings (SSSR count). The number of aryl methyl sites for hydroxylation is 1. The van der Waals surface area contributed by atoms with Crippen molar-refractivity contribution >= 4 is 38.9 Å². The molecule has 0 bridgehead atoms. The lowest BCUT2D eigenvalue weighted by molar-refractivity contribution is 0.0531. The minimum atomic E-state index is -0.326. The molecule has 0 atom stereocenters. The summed E-state index contributed by atoms with van der Waals surface area (Å²) < 4.78 is 5.93. The van der Waals surface area contributed by atoms with Crippen molar-refractivity contribution in [3.63, 3.8) is 0 Å². The Labute approximate surface area is 165 Å². The number of carbonyl (C=O) groups is 1. The summed E-state index contributed by atoms with van der Waals surface area (Å²) >= 11 is 4.89. The second kappa shape index (κ2) is 8.01. The number of rotatable bonds is 5. The fourth-order valence-electron chi connectivity index (χ4n) is 2.67. The lowest BCUT2D eigenvalue weighted by Crippen LogP contribution is -2.03. The highest BCUT2D eigenvalue weighted by Gasteiger charge is 2.18. The Morgan fingerprint density at radius 1 is 1.27 bits per heavy atom. The van der Waals surface area contributed by atoms with Crippen LogP contribution < -0.4 is 5.73 Å². The third-order valence-electron chi connectivity index (χ3n) is 3.96. The maximum absolute atomic E-state index is 12.1. The Morgan fingerprint density at radius 3 is 2.69 bits per heavy atom.